The van der Waals surface area contributed by atoms with Gasteiger partial charge in [-0.2, -0.15) is 0 Å². The first-order valence-electron chi connectivity index (χ1n) is 11.9. The van der Waals surface area contributed by atoms with E-state index in [1.165, 1.54) is 12.5 Å². The molecule has 210 valence electrons. The number of rotatable bonds is 16. The molecule has 5 amide bonds. The third kappa shape index (κ3) is 10.6. The number of carboxylic acids is 1. The van der Waals surface area contributed by atoms with Crippen LogP contribution in [0.1, 0.15) is 30.5 Å². The Bertz CT molecular complexity index is 1160. The van der Waals surface area contributed by atoms with E-state index in [0.717, 1.165) is 5.56 Å². The summed E-state index contributed by atoms with van der Waals surface area (Å²) in [4.78, 5) is 79.6. The van der Waals surface area contributed by atoms with Gasteiger partial charge < -0.3 is 43.2 Å². The van der Waals surface area contributed by atoms with E-state index >= 15 is 0 Å². The zero-order valence-corrected chi connectivity index (χ0v) is 21.0. The van der Waals surface area contributed by atoms with Gasteiger partial charge in [0.25, 0.3) is 0 Å². The number of aliphatic carboxylic acids is 1. The number of carbonyl (C=O) groups is 6. The number of primary amides is 2. The Morgan fingerprint density at radius 1 is 0.846 bits per heavy atom. The van der Waals surface area contributed by atoms with E-state index in [1.807, 2.05) is 6.07 Å². The normalized spacial score (nSPS) is 13.8. The minimum Gasteiger partial charge on any atom is -0.480 e. The monoisotopic (exact) mass is 544 g/mol. The first-order valence-corrected chi connectivity index (χ1v) is 11.9. The molecular weight excluding hydrogens is 512 g/mol. The maximum atomic E-state index is 13.2. The number of hydrogen-bond acceptors (Lipinski definition) is 8. The molecule has 4 unspecified atom stereocenters. The van der Waals surface area contributed by atoms with E-state index < -0.39 is 66.1 Å². The van der Waals surface area contributed by atoms with Crippen LogP contribution in [0, 0.1) is 0 Å². The number of aromatic amines is 1. The molecule has 0 aliphatic heterocycles. The van der Waals surface area contributed by atoms with Crippen molar-refractivity contribution in [3.63, 3.8) is 0 Å². The third-order valence-corrected chi connectivity index (χ3v) is 5.58. The summed E-state index contributed by atoms with van der Waals surface area (Å²) in [7, 11) is 0. The van der Waals surface area contributed by atoms with Crippen LogP contribution < -0.4 is 33.2 Å². The van der Waals surface area contributed by atoms with Gasteiger partial charge >= 0.3 is 5.97 Å². The van der Waals surface area contributed by atoms with Crippen molar-refractivity contribution in [3.05, 3.63) is 54.1 Å². The molecule has 2 aromatic rings. The predicted molar refractivity (Wildman–Crippen MR) is 136 cm³/mol. The molecule has 15 nitrogen and oxygen atoms in total. The lowest BCUT2D eigenvalue weighted by molar-refractivity contribution is -0.143. The minimum absolute atomic E-state index is 0.148. The van der Waals surface area contributed by atoms with Gasteiger partial charge in [-0.25, -0.2) is 9.78 Å². The van der Waals surface area contributed by atoms with Crippen LogP contribution in [-0.2, 0) is 41.6 Å². The largest absolute Gasteiger partial charge is 0.480 e. The van der Waals surface area contributed by atoms with E-state index in [4.69, 9.17) is 17.2 Å². The number of carbonyl (C=O) groups excluding carboxylic acids is 5. The highest BCUT2D eigenvalue weighted by molar-refractivity contribution is 5.95. The van der Waals surface area contributed by atoms with Gasteiger partial charge in [0.1, 0.15) is 18.1 Å². The number of nitrogens with one attached hydrogen (secondary N) is 4. The van der Waals surface area contributed by atoms with Crippen LogP contribution >= 0.6 is 0 Å². The second kappa shape index (κ2) is 14.8. The quantitative estimate of drug-likeness (QED) is 0.108. The summed E-state index contributed by atoms with van der Waals surface area (Å²) >= 11 is 0. The van der Waals surface area contributed by atoms with E-state index in [2.05, 4.69) is 25.9 Å². The number of nitrogens with zero attached hydrogens (tertiary/aromatic N) is 1. The lowest BCUT2D eigenvalue weighted by Crippen LogP contribution is -2.58. The first-order chi connectivity index (χ1) is 18.5. The van der Waals surface area contributed by atoms with Gasteiger partial charge in [-0.1, -0.05) is 30.3 Å². The number of benzene rings is 1. The summed E-state index contributed by atoms with van der Waals surface area (Å²) < 4.78 is 0. The fraction of sp³-hybridized carbons (Fsp3) is 0.375. The van der Waals surface area contributed by atoms with Crippen molar-refractivity contribution in [2.45, 2.75) is 56.3 Å². The van der Waals surface area contributed by atoms with Gasteiger partial charge in [0.2, 0.25) is 29.5 Å². The molecule has 0 aliphatic rings. The van der Waals surface area contributed by atoms with Crippen LogP contribution in [0.2, 0.25) is 0 Å². The Labute approximate surface area is 223 Å². The summed E-state index contributed by atoms with van der Waals surface area (Å²) in [5.41, 5.74) is 17.5. The molecule has 0 saturated carbocycles. The zero-order chi connectivity index (χ0) is 28.9. The number of nitrogens with two attached hydrogens (primary N) is 3. The highest BCUT2D eigenvalue weighted by Crippen LogP contribution is 2.06. The van der Waals surface area contributed by atoms with Crippen LogP contribution in [0.5, 0.6) is 0 Å². The second-order valence-electron chi connectivity index (χ2n) is 8.77. The molecule has 1 heterocycles. The molecule has 1 aromatic carbocycles. The first kappa shape index (κ1) is 30.4. The SMILES string of the molecule is NC(=O)CCC(NC(=O)C(N)Cc1ccccc1)C(=O)NC(Cc1cnc[nH]1)C(=O)NC(CC(N)=O)C(=O)O. The van der Waals surface area contributed by atoms with Crippen molar-refractivity contribution < 1.29 is 33.9 Å². The van der Waals surface area contributed by atoms with Gasteiger partial charge in [-0.15, -0.1) is 0 Å². The van der Waals surface area contributed by atoms with Gasteiger partial charge in [0.05, 0.1) is 18.8 Å². The molecular formula is C24H32N8O7. The van der Waals surface area contributed by atoms with Crippen molar-refractivity contribution in [1.29, 1.82) is 0 Å². The van der Waals surface area contributed by atoms with E-state index in [1.54, 1.807) is 24.3 Å². The molecule has 0 bridgehead atoms. The van der Waals surface area contributed by atoms with Crippen LogP contribution in [0.25, 0.3) is 0 Å². The third-order valence-electron chi connectivity index (χ3n) is 5.58. The summed E-state index contributed by atoms with van der Waals surface area (Å²) in [5.74, 6) is -5.65. The molecule has 15 heteroatoms. The van der Waals surface area contributed by atoms with Crippen LogP contribution in [0.3, 0.4) is 0 Å². The average Bonchev–Trinajstić information content (AvgIpc) is 3.38. The highest BCUT2D eigenvalue weighted by Gasteiger charge is 2.31. The summed E-state index contributed by atoms with van der Waals surface area (Å²) in [6.45, 7) is 0. The lowest BCUT2D eigenvalue weighted by atomic mass is 10.0. The predicted octanol–water partition coefficient (Wildman–Crippen LogP) is -2.80. The Hall–Kier alpha value is -4.79. The van der Waals surface area contributed by atoms with Crippen molar-refractivity contribution in [2.24, 2.45) is 17.2 Å². The van der Waals surface area contributed by atoms with Gasteiger partial charge in [0.15, 0.2) is 0 Å². The molecule has 1 aromatic heterocycles. The maximum Gasteiger partial charge on any atom is 0.326 e. The molecule has 0 aliphatic carbocycles. The molecule has 4 atom stereocenters. The molecule has 0 spiro atoms. The van der Waals surface area contributed by atoms with Gasteiger partial charge in [0, 0.05) is 24.7 Å². The maximum absolute atomic E-state index is 13.2. The van der Waals surface area contributed by atoms with Crippen LogP contribution in [0.15, 0.2) is 42.9 Å². The Balaban J connectivity index is 2.19. The van der Waals surface area contributed by atoms with Crippen molar-refractivity contribution in [3.8, 4) is 0 Å². The number of aromatic nitrogens is 2. The van der Waals surface area contributed by atoms with E-state index in [-0.39, 0.29) is 25.7 Å². The van der Waals surface area contributed by atoms with E-state index in [0.29, 0.717) is 5.69 Å². The Morgan fingerprint density at radius 2 is 1.46 bits per heavy atom. The standard InChI is InChI=1S/C24H32N8O7/c25-15(8-13-4-2-1-3-5-13)21(35)30-16(6-7-19(26)33)22(36)31-17(9-14-11-28-12-29-14)23(37)32-18(24(38)39)10-20(27)34/h1-5,11-12,15-18H,6-10,25H2,(H2,26,33)(H2,27,34)(H,28,29)(H,30,35)(H,31,36)(H,32,37)(H,38,39). The highest BCUT2D eigenvalue weighted by atomic mass is 16.4. The molecule has 0 saturated heterocycles. The van der Waals surface area contributed by atoms with Crippen molar-refractivity contribution in [2.75, 3.05) is 0 Å². The number of imidazole rings is 1. The topological polar surface area (TPSA) is 265 Å². The lowest BCUT2D eigenvalue weighted by Gasteiger charge is -2.25. The van der Waals surface area contributed by atoms with Crippen molar-refractivity contribution >= 4 is 35.5 Å². The number of H-pyrrole nitrogens is 1. The van der Waals surface area contributed by atoms with Crippen molar-refractivity contribution in [1.82, 2.24) is 25.9 Å². The minimum atomic E-state index is -1.64. The summed E-state index contributed by atoms with van der Waals surface area (Å²) in [6.07, 6.45) is 1.62. The fourth-order valence-electron chi connectivity index (χ4n) is 3.57. The average molecular weight is 545 g/mol. The molecule has 0 fully saturated rings. The Kier molecular flexibility index (Phi) is 11.6. The molecule has 39 heavy (non-hydrogen) atoms. The number of amides is 5. The second-order valence-corrected chi connectivity index (χ2v) is 8.77. The van der Waals surface area contributed by atoms with Gasteiger partial charge in [-0.3, -0.25) is 24.0 Å². The fourth-order valence-corrected chi connectivity index (χ4v) is 3.57. The van der Waals surface area contributed by atoms with Gasteiger partial charge in [-0.05, 0) is 18.4 Å². The van der Waals surface area contributed by atoms with Crippen LogP contribution in [-0.4, -0.2) is 74.7 Å². The smallest absolute Gasteiger partial charge is 0.326 e. The number of hydrogen-bond donors (Lipinski definition) is 8. The molecule has 0 radical (unpaired) electrons. The van der Waals surface area contributed by atoms with Crippen LogP contribution in [0.4, 0.5) is 0 Å². The summed E-state index contributed by atoms with van der Waals surface area (Å²) in [5, 5.41) is 16.4. The molecule has 2 rings (SSSR count). The number of carboxylic acid groups (broad SMARTS) is 1. The Morgan fingerprint density at radius 3 is 2.03 bits per heavy atom. The molecule has 11 N–H and O–H groups in total. The van der Waals surface area contributed by atoms with E-state index in [9.17, 15) is 33.9 Å². The summed E-state index contributed by atoms with van der Waals surface area (Å²) in [6, 6.07) is 3.61. The zero-order valence-electron chi connectivity index (χ0n) is 21.0.